The van der Waals surface area contributed by atoms with Crippen LogP contribution in [-0.2, 0) is 13.0 Å². The van der Waals surface area contributed by atoms with Gasteiger partial charge in [-0.2, -0.15) is 0 Å². The lowest BCUT2D eigenvalue weighted by Gasteiger charge is -2.18. The van der Waals surface area contributed by atoms with Crippen LogP contribution >= 0.6 is 0 Å². The van der Waals surface area contributed by atoms with Gasteiger partial charge in [0, 0.05) is 18.5 Å². The van der Waals surface area contributed by atoms with Gasteiger partial charge in [-0.15, -0.1) is 0 Å². The number of nitrogens with zero attached hydrogens (tertiary/aromatic N) is 2. The van der Waals surface area contributed by atoms with Gasteiger partial charge < -0.3 is 15.0 Å². The zero-order valence-corrected chi connectivity index (χ0v) is 11.6. The molecule has 0 fully saturated rings. The highest BCUT2D eigenvalue weighted by Crippen LogP contribution is 2.43. The topological polar surface area (TPSA) is 53.1 Å². The zero-order chi connectivity index (χ0) is 13.6. The fourth-order valence-electron chi connectivity index (χ4n) is 2.65. The Hall–Kier alpha value is -1.97. The maximum absolute atomic E-state index is 6.15. The van der Waals surface area contributed by atoms with E-state index in [2.05, 4.69) is 31.8 Å². The Morgan fingerprint density at radius 1 is 1.42 bits per heavy atom. The fourth-order valence-corrected chi connectivity index (χ4v) is 2.65. The molecule has 0 amide bonds. The molecule has 4 nitrogen and oxygen atoms in total. The first-order valence-electron chi connectivity index (χ1n) is 6.63. The number of hydrogen-bond donors (Lipinski definition) is 1. The number of anilines is 1. The van der Waals surface area contributed by atoms with Crippen molar-refractivity contribution in [3.05, 3.63) is 30.1 Å². The molecule has 19 heavy (non-hydrogen) atoms. The third-order valence-corrected chi connectivity index (χ3v) is 3.57. The van der Waals surface area contributed by atoms with Crippen LogP contribution in [0.4, 0.5) is 5.82 Å². The third-order valence-electron chi connectivity index (χ3n) is 3.57. The van der Waals surface area contributed by atoms with Crippen molar-refractivity contribution in [2.75, 3.05) is 5.73 Å². The third kappa shape index (κ3) is 1.87. The van der Waals surface area contributed by atoms with E-state index in [0.717, 1.165) is 30.0 Å². The molecule has 0 radical (unpaired) electrons. The van der Waals surface area contributed by atoms with Crippen molar-refractivity contribution in [2.45, 2.75) is 39.3 Å². The zero-order valence-electron chi connectivity index (χ0n) is 11.6. The molecule has 100 valence electrons. The fraction of sp³-hybridized carbons (Fsp3) is 0.400. The standard InChI is InChI=1S/C15H19N3O/c1-4-18-9-17-12(14(18)16)11-7-5-6-10-8-15(2,3)19-13(10)11/h5-7,9H,4,8,16H2,1-3H3. The molecule has 4 heteroatoms. The van der Waals surface area contributed by atoms with Crippen molar-refractivity contribution in [1.82, 2.24) is 9.55 Å². The second kappa shape index (κ2) is 4.02. The van der Waals surface area contributed by atoms with Crippen molar-refractivity contribution in [3.8, 4) is 17.0 Å². The summed E-state index contributed by atoms with van der Waals surface area (Å²) in [4.78, 5) is 4.44. The maximum atomic E-state index is 6.15. The van der Waals surface area contributed by atoms with Gasteiger partial charge in [-0.25, -0.2) is 4.98 Å². The lowest BCUT2D eigenvalue weighted by Crippen LogP contribution is -2.24. The quantitative estimate of drug-likeness (QED) is 0.900. The Labute approximate surface area is 113 Å². The van der Waals surface area contributed by atoms with Crippen LogP contribution in [0.1, 0.15) is 26.3 Å². The highest BCUT2D eigenvalue weighted by Gasteiger charge is 2.32. The number of hydrogen-bond acceptors (Lipinski definition) is 3. The number of aryl methyl sites for hydroxylation is 1. The number of nitrogen functional groups attached to an aromatic ring is 1. The highest BCUT2D eigenvalue weighted by molar-refractivity contribution is 5.77. The minimum Gasteiger partial charge on any atom is -0.487 e. The van der Waals surface area contributed by atoms with E-state index in [-0.39, 0.29) is 5.60 Å². The monoisotopic (exact) mass is 257 g/mol. The van der Waals surface area contributed by atoms with Crippen LogP contribution < -0.4 is 10.5 Å². The predicted molar refractivity (Wildman–Crippen MR) is 76.2 cm³/mol. The van der Waals surface area contributed by atoms with E-state index in [4.69, 9.17) is 10.5 Å². The molecule has 0 saturated heterocycles. The van der Waals surface area contributed by atoms with E-state index in [0.29, 0.717) is 5.82 Å². The lowest BCUT2D eigenvalue weighted by atomic mass is 10.00. The van der Waals surface area contributed by atoms with Gasteiger partial charge in [-0.1, -0.05) is 12.1 Å². The normalized spacial score (nSPS) is 16.2. The number of aromatic nitrogens is 2. The summed E-state index contributed by atoms with van der Waals surface area (Å²) in [6, 6.07) is 6.18. The van der Waals surface area contributed by atoms with Crippen molar-refractivity contribution in [2.24, 2.45) is 0 Å². The summed E-state index contributed by atoms with van der Waals surface area (Å²) in [6.07, 6.45) is 2.70. The molecule has 0 saturated carbocycles. The van der Waals surface area contributed by atoms with Crippen molar-refractivity contribution < 1.29 is 4.74 Å². The summed E-state index contributed by atoms with van der Waals surface area (Å²) in [5.41, 5.74) is 9.04. The molecular formula is C15H19N3O. The molecule has 0 spiro atoms. The number of benzene rings is 1. The summed E-state index contributed by atoms with van der Waals surface area (Å²) < 4.78 is 8.01. The van der Waals surface area contributed by atoms with Crippen LogP contribution in [0.15, 0.2) is 24.5 Å². The first-order valence-corrected chi connectivity index (χ1v) is 6.63. The summed E-state index contributed by atoms with van der Waals surface area (Å²) in [7, 11) is 0. The predicted octanol–water partition coefficient (Wildman–Crippen LogP) is 2.87. The van der Waals surface area contributed by atoms with Gasteiger partial charge in [0.05, 0.1) is 6.33 Å². The number of nitrogens with two attached hydrogens (primary N) is 1. The molecule has 0 atom stereocenters. The highest BCUT2D eigenvalue weighted by atomic mass is 16.5. The molecule has 2 heterocycles. The molecule has 0 unspecified atom stereocenters. The molecule has 1 aliphatic heterocycles. The minimum absolute atomic E-state index is 0.152. The molecule has 1 aromatic heterocycles. The molecular weight excluding hydrogens is 238 g/mol. The first-order chi connectivity index (χ1) is 9.02. The minimum atomic E-state index is -0.152. The van der Waals surface area contributed by atoms with Gasteiger partial charge >= 0.3 is 0 Å². The Kier molecular flexibility index (Phi) is 2.55. The van der Waals surface area contributed by atoms with E-state index in [9.17, 15) is 0 Å². The van der Waals surface area contributed by atoms with Crippen LogP contribution in [0.25, 0.3) is 11.3 Å². The van der Waals surface area contributed by atoms with Gasteiger partial charge in [0.15, 0.2) is 0 Å². The second-order valence-electron chi connectivity index (χ2n) is 5.60. The number of rotatable bonds is 2. The Balaban J connectivity index is 2.13. The van der Waals surface area contributed by atoms with Gasteiger partial charge in [0.25, 0.3) is 0 Å². The summed E-state index contributed by atoms with van der Waals surface area (Å²) in [6.45, 7) is 7.08. The van der Waals surface area contributed by atoms with Crippen molar-refractivity contribution >= 4 is 5.82 Å². The smallest absolute Gasteiger partial charge is 0.133 e. The van der Waals surface area contributed by atoms with E-state index >= 15 is 0 Å². The van der Waals surface area contributed by atoms with Crippen LogP contribution in [-0.4, -0.2) is 15.2 Å². The van der Waals surface area contributed by atoms with E-state index in [1.807, 2.05) is 16.7 Å². The molecule has 0 bridgehead atoms. The second-order valence-corrected chi connectivity index (χ2v) is 5.60. The van der Waals surface area contributed by atoms with Gasteiger partial charge in [0.1, 0.15) is 22.9 Å². The summed E-state index contributed by atoms with van der Waals surface area (Å²) in [5, 5.41) is 0. The van der Waals surface area contributed by atoms with Crippen molar-refractivity contribution in [1.29, 1.82) is 0 Å². The van der Waals surface area contributed by atoms with E-state index < -0.39 is 0 Å². The van der Waals surface area contributed by atoms with Crippen molar-refractivity contribution in [3.63, 3.8) is 0 Å². The average Bonchev–Trinajstić information content (AvgIpc) is 2.86. The van der Waals surface area contributed by atoms with E-state index in [1.165, 1.54) is 5.56 Å². The van der Waals surface area contributed by atoms with Gasteiger partial charge in [0.2, 0.25) is 0 Å². The molecule has 0 aliphatic carbocycles. The number of ether oxygens (including phenoxy) is 1. The summed E-state index contributed by atoms with van der Waals surface area (Å²) >= 11 is 0. The molecule has 2 N–H and O–H groups in total. The number of imidazole rings is 1. The van der Waals surface area contributed by atoms with E-state index in [1.54, 1.807) is 6.33 Å². The Morgan fingerprint density at radius 3 is 2.89 bits per heavy atom. The first kappa shape index (κ1) is 12.1. The molecule has 1 aromatic carbocycles. The van der Waals surface area contributed by atoms with Crippen LogP contribution in [0.5, 0.6) is 5.75 Å². The number of fused-ring (bicyclic) bond motifs is 1. The van der Waals surface area contributed by atoms with Crippen LogP contribution in [0, 0.1) is 0 Å². The number of para-hydroxylation sites is 1. The largest absolute Gasteiger partial charge is 0.487 e. The lowest BCUT2D eigenvalue weighted by molar-refractivity contribution is 0.139. The molecule has 3 rings (SSSR count). The Bertz CT molecular complexity index is 628. The maximum Gasteiger partial charge on any atom is 0.133 e. The molecule has 1 aliphatic rings. The Morgan fingerprint density at radius 2 is 2.21 bits per heavy atom. The summed E-state index contributed by atoms with van der Waals surface area (Å²) in [5.74, 6) is 1.63. The van der Waals surface area contributed by atoms with Crippen LogP contribution in [0.2, 0.25) is 0 Å². The SMILES string of the molecule is CCn1cnc(-c2cccc3c2OC(C)(C)C3)c1N. The molecule has 2 aromatic rings. The van der Waals surface area contributed by atoms with Gasteiger partial charge in [-0.3, -0.25) is 0 Å². The average molecular weight is 257 g/mol. The van der Waals surface area contributed by atoms with Crippen LogP contribution in [0.3, 0.4) is 0 Å². The van der Waals surface area contributed by atoms with Gasteiger partial charge in [-0.05, 0) is 32.4 Å².